The quantitative estimate of drug-likeness (QED) is 0.879. The molecular weight excluding hydrogens is 274 g/mol. The molecule has 0 saturated heterocycles. The van der Waals surface area contributed by atoms with Crippen LogP contribution in [-0.4, -0.2) is 16.7 Å². The fourth-order valence-electron chi connectivity index (χ4n) is 2.30. The lowest BCUT2D eigenvalue weighted by atomic mass is 9.80. The molecule has 0 radical (unpaired) electrons. The van der Waals surface area contributed by atoms with E-state index in [0.717, 1.165) is 36.6 Å². The molecule has 0 aromatic carbocycles. The fraction of sp³-hybridized carbons (Fsp3) is 0.636. The minimum atomic E-state index is -0.578. The summed E-state index contributed by atoms with van der Waals surface area (Å²) in [5, 5.41) is 12.5. The van der Waals surface area contributed by atoms with Crippen LogP contribution >= 0.6 is 27.3 Å². The van der Waals surface area contributed by atoms with Crippen molar-refractivity contribution in [2.75, 3.05) is 0 Å². The van der Waals surface area contributed by atoms with Gasteiger partial charge in [0, 0.05) is 21.8 Å². The summed E-state index contributed by atoms with van der Waals surface area (Å²) in [5.41, 5.74) is 5.33. The Kier molecular flexibility index (Phi) is 3.50. The van der Waals surface area contributed by atoms with Crippen molar-refractivity contribution in [3.63, 3.8) is 0 Å². The molecule has 1 saturated carbocycles. The highest BCUT2D eigenvalue weighted by Crippen LogP contribution is 2.34. The van der Waals surface area contributed by atoms with Gasteiger partial charge < -0.3 is 10.8 Å². The van der Waals surface area contributed by atoms with Gasteiger partial charge >= 0.3 is 0 Å². The maximum atomic E-state index is 10.4. The molecule has 0 amide bonds. The van der Waals surface area contributed by atoms with E-state index >= 15 is 0 Å². The van der Waals surface area contributed by atoms with Gasteiger partial charge in [0.15, 0.2) is 0 Å². The molecule has 84 valence electrons. The Balaban J connectivity index is 2.07. The summed E-state index contributed by atoms with van der Waals surface area (Å²) >= 11 is 5.20. The number of nitrogens with two attached hydrogens (primary N) is 1. The SMILES string of the molecule is NC1CCCC(O)(Cc2sccc2Br)C1. The maximum Gasteiger partial charge on any atom is 0.0711 e. The zero-order valence-corrected chi connectivity index (χ0v) is 11.0. The molecule has 2 atom stereocenters. The van der Waals surface area contributed by atoms with E-state index in [4.69, 9.17) is 5.73 Å². The highest BCUT2D eigenvalue weighted by atomic mass is 79.9. The topological polar surface area (TPSA) is 46.2 Å². The van der Waals surface area contributed by atoms with Crippen molar-refractivity contribution in [2.45, 2.75) is 43.7 Å². The van der Waals surface area contributed by atoms with Crippen LogP contribution < -0.4 is 5.73 Å². The maximum absolute atomic E-state index is 10.4. The van der Waals surface area contributed by atoms with Crippen LogP contribution in [0.4, 0.5) is 0 Å². The van der Waals surface area contributed by atoms with Gasteiger partial charge in [-0.2, -0.15) is 0 Å². The lowest BCUT2D eigenvalue weighted by Crippen LogP contribution is -2.42. The minimum absolute atomic E-state index is 0.169. The Labute approximate surface area is 103 Å². The second-order valence-electron chi connectivity index (χ2n) is 4.45. The van der Waals surface area contributed by atoms with Crippen molar-refractivity contribution in [3.05, 3.63) is 20.8 Å². The Hall–Kier alpha value is 0.100. The molecule has 1 aliphatic carbocycles. The van der Waals surface area contributed by atoms with Gasteiger partial charge in [0.25, 0.3) is 0 Å². The summed E-state index contributed by atoms with van der Waals surface area (Å²) in [6.07, 6.45) is 4.44. The highest BCUT2D eigenvalue weighted by molar-refractivity contribution is 9.10. The third-order valence-corrected chi connectivity index (χ3v) is 4.97. The van der Waals surface area contributed by atoms with E-state index in [-0.39, 0.29) is 6.04 Å². The van der Waals surface area contributed by atoms with Gasteiger partial charge in [-0.05, 0) is 53.1 Å². The van der Waals surface area contributed by atoms with Gasteiger partial charge in [-0.15, -0.1) is 11.3 Å². The zero-order valence-electron chi connectivity index (χ0n) is 8.58. The standard InChI is InChI=1S/C11H16BrNOS/c12-9-3-5-15-10(9)7-11(14)4-1-2-8(13)6-11/h3,5,8,14H,1-2,4,6-7,13H2. The average Bonchev–Trinajstić information content (AvgIpc) is 2.50. The monoisotopic (exact) mass is 289 g/mol. The van der Waals surface area contributed by atoms with Crippen molar-refractivity contribution in [1.82, 2.24) is 0 Å². The van der Waals surface area contributed by atoms with Gasteiger partial charge in [0.1, 0.15) is 0 Å². The molecule has 3 N–H and O–H groups in total. The average molecular weight is 290 g/mol. The predicted molar refractivity (Wildman–Crippen MR) is 67.1 cm³/mol. The fourth-order valence-corrected chi connectivity index (χ4v) is 3.92. The molecule has 15 heavy (non-hydrogen) atoms. The van der Waals surface area contributed by atoms with E-state index < -0.39 is 5.60 Å². The van der Waals surface area contributed by atoms with Crippen LogP contribution in [0, 0.1) is 0 Å². The first kappa shape index (κ1) is 11.6. The van der Waals surface area contributed by atoms with E-state index in [0.29, 0.717) is 0 Å². The first-order chi connectivity index (χ1) is 7.09. The molecular formula is C11H16BrNOS. The summed E-state index contributed by atoms with van der Waals surface area (Å²) in [6, 6.07) is 2.20. The highest BCUT2D eigenvalue weighted by Gasteiger charge is 2.33. The van der Waals surface area contributed by atoms with Crippen LogP contribution in [0.25, 0.3) is 0 Å². The number of thiophene rings is 1. The van der Waals surface area contributed by atoms with E-state index in [1.54, 1.807) is 11.3 Å². The summed E-state index contributed by atoms with van der Waals surface area (Å²) < 4.78 is 1.11. The zero-order chi connectivity index (χ0) is 10.9. The molecule has 1 heterocycles. The Bertz CT molecular complexity index is 341. The summed E-state index contributed by atoms with van der Waals surface area (Å²) in [5.74, 6) is 0. The summed E-state index contributed by atoms with van der Waals surface area (Å²) in [7, 11) is 0. The third-order valence-electron chi connectivity index (χ3n) is 3.04. The van der Waals surface area contributed by atoms with Crippen molar-refractivity contribution < 1.29 is 5.11 Å². The molecule has 4 heteroatoms. The van der Waals surface area contributed by atoms with Gasteiger partial charge in [-0.25, -0.2) is 0 Å². The predicted octanol–water partition coefficient (Wildman–Crippen LogP) is 2.69. The smallest absolute Gasteiger partial charge is 0.0711 e. The molecule has 1 aromatic rings. The lowest BCUT2D eigenvalue weighted by Gasteiger charge is -2.35. The van der Waals surface area contributed by atoms with Crippen molar-refractivity contribution in [1.29, 1.82) is 0 Å². The van der Waals surface area contributed by atoms with Crippen LogP contribution in [0.5, 0.6) is 0 Å². The first-order valence-electron chi connectivity index (χ1n) is 5.29. The third kappa shape index (κ3) is 2.81. The summed E-state index contributed by atoms with van der Waals surface area (Å²) in [6.45, 7) is 0. The van der Waals surface area contributed by atoms with Crippen LogP contribution in [0.15, 0.2) is 15.9 Å². The molecule has 0 bridgehead atoms. The van der Waals surface area contributed by atoms with E-state index in [2.05, 4.69) is 15.9 Å². The van der Waals surface area contributed by atoms with Crippen LogP contribution in [0.3, 0.4) is 0 Å². The number of hydrogen-bond donors (Lipinski definition) is 2. The lowest BCUT2D eigenvalue weighted by molar-refractivity contribution is -0.00135. The van der Waals surface area contributed by atoms with Crippen LogP contribution in [0.1, 0.15) is 30.6 Å². The van der Waals surface area contributed by atoms with Crippen LogP contribution in [0.2, 0.25) is 0 Å². The van der Waals surface area contributed by atoms with Gasteiger partial charge in [0.2, 0.25) is 0 Å². The molecule has 2 rings (SSSR count). The summed E-state index contributed by atoms with van der Waals surface area (Å²) in [4.78, 5) is 1.23. The first-order valence-corrected chi connectivity index (χ1v) is 6.96. The molecule has 2 unspecified atom stereocenters. The van der Waals surface area contributed by atoms with E-state index in [1.807, 2.05) is 11.4 Å². The van der Waals surface area contributed by atoms with Crippen molar-refractivity contribution >= 4 is 27.3 Å². The molecule has 1 aliphatic rings. The largest absolute Gasteiger partial charge is 0.389 e. The minimum Gasteiger partial charge on any atom is -0.389 e. The molecule has 0 aliphatic heterocycles. The Morgan fingerprint density at radius 1 is 1.67 bits per heavy atom. The molecule has 1 aromatic heterocycles. The van der Waals surface area contributed by atoms with E-state index in [9.17, 15) is 5.11 Å². The Morgan fingerprint density at radius 2 is 2.47 bits per heavy atom. The molecule has 1 fully saturated rings. The number of aliphatic hydroxyl groups is 1. The van der Waals surface area contributed by atoms with Gasteiger partial charge in [-0.1, -0.05) is 0 Å². The normalized spacial score (nSPS) is 31.8. The van der Waals surface area contributed by atoms with Crippen molar-refractivity contribution in [2.24, 2.45) is 5.73 Å². The molecule has 0 spiro atoms. The Morgan fingerprint density at radius 3 is 3.07 bits per heavy atom. The second-order valence-corrected chi connectivity index (χ2v) is 6.30. The number of rotatable bonds is 2. The molecule has 2 nitrogen and oxygen atoms in total. The van der Waals surface area contributed by atoms with E-state index in [1.165, 1.54) is 4.88 Å². The van der Waals surface area contributed by atoms with Crippen molar-refractivity contribution in [3.8, 4) is 0 Å². The number of hydrogen-bond acceptors (Lipinski definition) is 3. The van der Waals surface area contributed by atoms with Crippen LogP contribution in [-0.2, 0) is 6.42 Å². The second kappa shape index (κ2) is 4.53. The van der Waals surface area contributed by atoms with Gasteiger partial charge in [0.05, 0.1) is 5.60 Å². The van der Waals surface area contributed by atoms with Gasteiger partial charge in [-0.3, -0.25) is 0 Å². The number of halogens is 1.